The Balaban J connectivity index is 3.55. The SMILES string of the molecule is CCCCC/C=C/CCCC(O)C(O)C(CO)NC(=O)C(O)CCCCCCCCCCCCCCCCCCCCCCCCCCCCC. The number of allylic oxidation sites excluding steroid dienone is 2. The van der Waals surface area contributed by atoms with E-state index in [1.54, 1.807) is 0 Å². The Hall–Kier alpha value is -0.950. The average Bonchev–Trinajstić information content (AvgIpc) is 3.13. The highest BCUT2D eigenvalue weighted by Gasteiger charge is 2.28. The lowest BCUT2D eigenvalue weighted by Crippen LogP contribution is -2.53. The summed E-state index contributed by atoms with van der Waals surface area (Å²) < 4.78 is 0. The molecule has 6 heteroatoms. The molecule has 0 aliphatic rings. The molecule has 0 saturated heterocycles. The number of aliphatic hydroxyl groups is 4. The molecule has 0 aromatic carbocycles. The van der Waals surface area contributed by atoms with Crippen molar-refractivity contribution in [3.63, 3.8) is 0 Å². The minimum Gasteiger partial charge on any atom is -0.394 e. The summed E-state index contributed by atoms with van der Waals surface area (Å²) in [6.45, 7) is 3.98. The molecule has 0 spiro atoms. The molecular weight excluding hydrogens is 634 g/mol. The Morgan fingerprint density at radius 1 is 0.471 bits per heavy atom. The number of carbonyl (C=O) groups is 1. The molecule has 0 aliphatic carbocycles. The summed E-state index contributed by atoms with van der Waals surface area (Å²) in [6.07, 6.45) is 44.3. The van der Waals surface area contributed by atoms with Crippen LogP contribution in [0.25, 0.3) is 0 Å². The third-order valence-corrected chi connectivity index (χ3v) is 10.7. The summed E-state index contributed by atoms with van der Waals surface area (Å²) in [5.74, 6) is -0.592. The molecule has 5 N–H and O–H groups in total. The number of rotatable bonds is 41. The topological polar surface area (TPSA) is 110 Å². The second kappa shape index (κ2) is 40.2. The maximum atomic E-state index is 12.5. The molecule has 0 saturated carbocycles. The van der Waals surface area contributed by atoms with Gasteiger partial charge in [-0.3, -0.25) is 4.79 Å². The van der Waals surface area contributed by atoms with Crippen LogP contribution in [-0.2, 0) is 4.79 Å². The standard InChI is InChI=1S/C45H89NO5/c1-3-5-7-9-11-13-14-15-16-17-18-19-20-21-22-23-24-25-26-27-28-29-30-31-33-35-37-39-43(49)45(51)46-41(40-47)44(50)42(48)38-36-34-32-12-10-8-6-4-2/h12,32,41-44,47-50H,3-11,13-31,33-40H2,1-2H3,(H,46,51)/b32-12+. The zero-order valence-corrected chi connectivity index (χ0v) is 34.1. The Morgan fingerprint density at radius 2 is 0.804 bits per heavy atom. The minimum absolute atomic E-state index is 0.368. The van der Waals surface area contributed by atoms with Gasteiger partial charge in [-0.25, -0.2) is 0 Å². The molecule has 0 aliphatic heterocycles. The van der Waals surface area contributed by atoms with Gasteiger partial charge in [-0.2, -0.15) is 0 Å². The number of hydrogen-bond donors (Lipinski definition) is 5. The fourth-order valence-electron chi connectivity index (χ4n) is 7.11. The quantitative estimate of drug-likeness (QED) is 0.0319. The Morgan fingerprint density at radius 3 is 1.18 bits per heavy atom. The van der Waals surface area contributed by atoms with Crippen LogP contribution in [0.1, 0.15) is 239 Å². The highest BCUT2D eigenvalue weighted by atomic mass is 16.3. The van der Waals surface area contributed by atoms with Crippen molar-refractivity contribution >= 4 is 5.91 Å². The summed E-state index contributed by atoms with van der Waals surface area (Å²) >= 11 is 0. The molecule has 4 unspecified atom stereocenters. The molecule has 304 valence electrons. The van der Waals surface area contributed by atoms with Gasteiger partial charge < -0.3 is 25.7 Å². The molecule has 51 heavy (non-hydrogen) atoms. The summed E-state index contributed by atoms with van der Waals surface area (Å²) in [5.41, 5.74) is 0. The maximum absolute atomic E-state index is 12.5. The molecule has 0 rings (SSSR count). The Labute approximate surface area is 317 Å². The molecular formula is C45H89NO5. The van der Waals surface area contributed by atoms with E-state index in [1.807, 2.05) is 0 Å². The van der Waals surface area contributed by atoms with Crippen LogP contribution in [0.2, 0.25) is 0 Å². The number of amides is 1. The monoisotopic (exact) mass is 724 g/mol. The van der Waals surface area contributed by atoms with Crippen LogP contribution in [-0.4, -0.2) is 57.3 Å². The van der Waals surface area contributed by atoms with Gasteiger partial charge in [0.2, 0.25) is 5.91 Å². The van der Waals surface area contributed by atoms with Crippen molar-refractivity contribution in [1.82, 2.24) is 5.32 Å². The van der Waals surface area contributed by atoms with E-state index >= 15 is 0 Å². The first-order chi connectivity index (χ1) is 25.0. The first-order valence-electron chi connectivity index (χ1n) is 22.6. The average molecular weight is 724 g/mol. The van der Waals surface area contributed by atoms with Crippen molar-refractivity contribution < 1.29 is 25.2 Å². The van der Waals surface area contributed by atoms with Crippen molar-refractivity contribution in [2.24, 2.45) is 0 Å². The van der Waals surface area contributed by atoms with E-state index in [9.17, 15) is 25.2 Å². The van der Waals surface area contributed by atoms with Gasteiger partial charge in [-0.15, -0.1) is 0 Å². The molecule has 0 radical (unpaired) electrons. The predicted octanol–water partition coefficient (Wildman–Crippen LogP) is 11.8. The van der Waals surface area contributed by atoms with Gasteiger partial charge in [0.1, 0.15) is 12.2 Å². The second-order valence-electron chi connectivity index (χ2n) is 15.8. The van der Waals surface area contributed by atoms with Crippen molar-refractivity contribution in [3.05, 3.63) is 12.2 Å². The zero-order valence-electron chi connectivity index (χ0n) is 34.1. The fraction of sp³-hybridized carbons (Fsp3) is 0.933. The molecule has 0 fully saturated rings. The van der Waals surface area contributed by atoms with Crippen LogP contribution >= 0.6 is 0 Å². The van der Waals surface area contributed by atoms with Gasteiger partial charge in [-0.1, -0.05) is 212 Å². The number of unbranched alkanes of at least 4 members (excludes halogenated alkanes) is 30. The van der Waals surface area contributed by atoms with Crippen LogP contribution in [0, 0.1) is 0 Å². The molecule has 0 aromatic heterocycles. The molecule has 0 aromatic rings. The first kappa shape index (κ1) is 50.1. The predicted molar refractivity (Wildman–Crippen MR) is 219 cm³/mol. The van der Waals surface area contributed by atoms with Crippen molar-refractivity contribution in [3.8, 4) is 0 Å². The number of nitrogens with one attached hydrogen (secondary N) is 1. The molecule has 6 nitrogen and oxygen atoms in total. The van der Waals surface area contributed by atoms with Crippen molar-refractivity contribution in [2.45, 2.75) is 263 Å². The number of carbonyl (C=O) groups excluding carboxylic acids is 1. The molecule has 0 heterocycles. The van der Waals surface area contributed by atoms with Gasteiger partial charge in [0, 0.05) is 0 Å². The van der Waals surface area contributed by atoms with E-state index < -0.39 is 36.9 Å². The van der Waals surface area contributed by atoms with Crippen LogP contribution in [0.3, 0.4) is 0 Å². The normalized spacial score (nSPS) is 14.2. The lowest BCUT2D eigenvalue weighted by Gasteiger charge is -2.27. The lowest BCUT2D eigenvalue weighted by atomic mass is 10.00. The minimum atomic E-state index is -1.27. The Bertz CT molecular complexity index is 731. The summed E-state index contributed by atoms with van der Waals surface area (Å²) in [4.78, 5) is 12.5. The lowest BCUT2D eigenvalue weighted by molar-refractivity contribution is -0.132. The van der Waals surface area contributed by atoms with Gasteiger partial charge in [0.05, 0.1) is 18.8 Å². The summed E-state index contributed by atoms with van der Waals surface area (Å²) in [5, 5.41) is 43.4. The highest BCUT2D eigenvalue weighted by Crippen LogP contribution is 2.17. The van der Waals surface area contributed by atoms with Gasteiger partial charge in [-0.05, 0) is 38.5 Å². The summed E-state index contributed by atoms with van der Waals surface area (Å²) in [7, 11) is 0. The smallest absolute Gasteiger partial charge is 0.249 e. The van der Waals surface area contributed by atoms with E-state index in [1.165, 1.54) is 173 Å². The van der Waals surface area contributed by atoms with Crippen LogP contribution in [0.15, 0.2) is 12.2 Å². The van der Waals surface area contributed by atoms with Crippen molar-refractivity contribution in [2.75, 3.05) is 6.61 Å². The Kier molecular flexibility index (Phi) is 39.5. The number of hydrogen-bond acceptors (Lipinski definition) is 5. The molecule has 0 bridgehead atoms. The number of aliphatic hydroxyl groups excluding tert-OH is 4. The van der Waals surface area contributed by atoms with E-state index in [2.05, 4.69) is 31.3 Å². The molecule has 1 amide bonds. The van der Waals surface area contributed by atoms with Gasteiger partial charge in [0.25, 0.3) is 0 Å². The van der Waals surface area contributed by atoms with E-state index in [0.29, 0.717) is 12.8 Å². The zero-order chi connectivity index (χ0) is 37.5. The third kappa shape index (κ3) is 34.6. The largest absolute Gasteiger partial charge is 0.394 e. The third-order valence-electron chi connectivity index (χ3n) is 10.7. The molecule has 4 atom stereocenters. The highest BCUT2D eigenvalue weighted by molar-refractivity contribution is 5.80. The maximum Gasteiger partial charge on any atom is 0.249 e. The second-order valence-corrected chi connectivity index (χ2v) is 15.8. The van der Waals surface area contributed by atoms with Gasteiger partial charge in [0.15, 0.2) is 0 Å². The fourth-order valence-corrected chi connectivity index (χ4v) is 7.11. The van der Waals surface area contributed by atoms with E-state index in [4.69, 9.17) is 0 Å². The first-order valence-corrected chi connectivity index (χ1v) is 22.6. The van der Waals surface area contributed by atoms with Crippen LogP contribution < -0.4 is 5.32 Å². The van der Waals surface area contributed by atoms with Crippen LogP contribution in [0.5, 0.6) is 0 Å². The van der Waals surface area contributed by atoms with E-state index in [-0.39, 0.29) is 0 Å². The van der Waals surface area contributed by atoms with E-state index in [0.717, 1.165) is 38.5 Å². The van der Waals surface area contributed by atoms with Crippen LogP contribution in [0.4, 0.5) is 0 Å². The van der Waals surface area contributed by atoms with Crippen molar-refractivity contribution in [1.29, 1.82) is 0 Å². The van der Waals surface area contributed by atoms with Gasteiger partial charge >= 0.3 is 0 Å². The summed E-state index contributed by atoms with van der Waals surface area (Å²) in [6, 6.07) is -0.995.